The molecule has 2 aromatic carbocycles. The van der Waals surface area contributed by atoms with Crippen molar-refractivity contribution in [3.8, 4) is 11.5 Å². The van der Waals surface area contributed by atoms with Gasteiger partial charge in [-0.05, 0) is 70.7 Å². The second kappa shape index (κ2) is 5.03. The highest BCUT2D eigenvalue weighted by Gasteiger charge is 2.14. The van der Waals surface area contributed by atoms with Gasteiger partial charge in [-0.3, -0.25) is 0 Å². The second-order valence-corrected chi connectivity index (χ2v) is 6.50. The van der Waals surface area contributed by atoms with Crippen LogP contribution in [0.3, 0.4) is 0 Å². The monoisotopic (exact) mass is 410 g/mol. The topological polar surface area (TPSA) is 39.2 Å². The molecule has 0 bridgehead atoms. The number of rotatable bonds is 2. The zero-order chi connectivity index (χ0) is 14.4. The first-order valence-electron chi connectivity index (χ1n) is 6.47. The first-order chi connectivity index (χ1) is 10.2. The van der Waals surface area contributed by atoms with Gasteiger partial charge in [0.05, 0.1) is 17.6 Å². The normalized spacial score (nSPS) is 13.0. The van der Waals surface area contributed by atoms with Gasteiger partial charge in [0.2, 0.25) is 6.79 Å². The Bertz CT molecular complexity index is 900. The molecule has 106 valence electrons. The minimum atomic E-state index is 0.295. The number of nitrogens with zero attached hydrogens (tertiary/aromatic N) is 1. The van der Waals surface area contributed by atoms with Crippen LogP contribution in [0.5, 0.6) is 11.5 Å². The van der Waals surface area contributed by atoms with E-state index in [1.165, 1.54) is 3.57 Å². The van der Waals surface area contributed by atoms with E-state index in [4.69, 9.17) is 21.7 Å². The Morgan fingerprint density at radius 1 is 1.14 bits per heavy atom. The van der Waals surface area contributed by atoms with Crippen LogP contribution in [0.15, 0.2) is 36.4 Å². The van der Waals surface area contributed by atoms with Gasteiger partial charge in [-0.1, -0.05) is 6.07 Å². The molecule has 0 saturated heterocycles. The quantitative estimate of drug-likeness (QED) is 0.511. The summed E-state index contributed by atoms with van der Waals surface area (Å²) in [5.41, 5.74) is 3.31. The molecule has 0 unspecified atom stereocenters. The lowest BCUT2D eigenvalue weighted by Gasteiger charge is -2.06. The van der Waals surface area contributed by atoms with E-state index in [-0.39, 0.29) is 0 Å². The molecule has 2 heterocycles. The summed E-state index contributed by atoms with van der Waals surface area (Å²) in [7, 11) is 0. The van der Waals surface area contributed by atoms with E-state index in [2.05, 4.69) is 50.3 Å². The van der Waals surface area contributed by atoms with Crippen molar-refractivity contribution in [1.82, 2.24) is 9.55 Å². The fraction of sp³-hybridized carbons (Fsp3) is 0.133. The van der Waals surface area contributed by atoms with Crippen LogP contribution in [0.4, 0.5) is 0 Å². The number of nitrogens with one attached hydrogen (secondary N) is 1. The van der Waals surface area contributed by atoms with Crippen LogP contribution in [-0.2, 0) is 6.54 Å². The minimum Gasteiger partial charge on any atom is -0.454 e. The standard InChI is InChI=1S/C15H11IN2O2S/c16-10-2-3-12-11(6-10)17-15(21)18(12)7-9-1-4-13-14(5-9)20-8-19-13/h1-6H,7-8H2,(H,17,21). The van der Waals surface area contributed by atoms with Crippen molar-refractivity contribution in [3.05, 3.63) is 50.3 Å². The van der Waals surface area contributed by atoms with Gasteiger partial charge in [-0.25, -0.2) is 0 Å². The van der Waals surface area contributed by atoms with Crippen LogP contribution in [0.1, 0.15) is 5.56 Å². The van der Waals surface area contributed by atoms with E-state index in [0.717, 1.165) is 32.9 Å². The SMILES string of the molecule is S=c1[nH]c2cc(I)ccc2n1Cc1ccc2c(c1)OCO2. The van der Waals surface area contributed by atoms with Crippen molar-refractivity contribution >= 4 is 45.8 Å². The fourth-order valence-corrected chi connectivity index (χ4v) is 3.28. The summed E-state index contributed by atoms with van der Waals surface area (Å²) in [5, 5.41) is 0. The second-order valence-electron chi connectivity index (χ2n) is 4.87. The number of halogens is 1. The predicted molar refractivity (Wildman–Crippen MR) is 91.5 cm³/mol. The highest BCUT2D eigenvalue weighted by molar-refractivity contribution is 14.1. The van der Waals surface area contributed by atoms with Gasteiger partial charge >= 0.3 is 0 Å². The first kappa shape index (κ1) is 13.1. The van der Waals surface area contributed by atoms with Crippen molar-refractivity contribution in [2.24, 2.45) is 0 Å². The van der Waals surface area contributed by atoms with Gasteiger partial charge in [0.15, 0.2) is 16.3 Å². The van der Waals surface area contributed by atoms with E-state index in [1.54, 1.807) is 0 Å². The molecule has 0 saturated carbocycles. The summed E-state index contributed by atoms with van der Waals surface area (Å²) in [4.78, 5) is 3.26. The van der Waals surface area contributed by atoms with E-state index in [1.807, 2.05) is 18.2 Å². The maximum Gasteiger partial charge on any atom is 0.231 e. The highest BCUT2D eigenvalue weighted by Crippen LogP contribution is 2.33. The van der Waals surface area contributed by atoms with Crippen molar-refractivity contribution in [2.75, 3.05) is 6.79 Å². The Kier molecular flexibility index (Phi) is 3.15. The summed E-state index contributed by atoms with van der Waals surface area (Å²) >= 11 is 7.74. The van der Waals surface area contributed by atoms with Gasteiger partial charge in [-0.2, -0.15) is 0 Å². The molecule has 0 spiro atoms. The summed E-state index contributed by atoms with van der Waals surface area (Å²) in [5.74, 6) is 1.60. The van der Waals surface area contributed by atoms with Crippen LogP contribution >= 0.6 is 34.8 Å². The van der Waals surface area contributed by atoms with Crippen LogP contribution in [0.25, 0.3) is 11.0 Å². The third kappa shape index (κ3) is 2.32. The third-order valence-corrected chi connectivity index (χ3v) is 4.51. The molecule has 0 amide bonds. The molecule has 4 rings (SSSR count). The number of imidazole rings is 1. The van der Waals surface area contributed by atoms with E-state index >= 15 is 0 Å². The number of H-pyrrole nitrogens is 1. The molecular weight excluding hydrogens is 399 g/mol. The fourth-order valence-electron chi connectivity index (χ4n) is 2.51. The van der Waals surface area contributed by atoms with Crippen molar-refractivity contribution in [3.63, 3.8) is 0 Å². The molecule has 4 nitrogen and oxygen atoms in total. The molecule has 6 heteroatoms. The zero-order valence-electron chi connectivity index (χ0n) is 10.9. The van der Waals surface area contributed by atoms with Crippen LogP contribution in [0, 0.1) is 8.34 Å². The smallest absolute Gasteiger partial charge is 0.231 e. The summed E-state index contributed by atoms with van der Waals surface area (Å²) < 4.78 is 14.8. The Morgan fingerprint density at radius 2 is 2.00 bits per heavy atom. The third-order valence-electron chi connectivity index (χ3n) is 3.51. The Morgan fingerprint density at radius 3 is 2.90 bits per heavy atom. The number of benzene rings is 2. The predicted octanol–water partition coefficient (Wildman–Crippen LogP) is 4.08. The van der Waals surface area contributed by atoms with Crippen LogP contribution in [-0.4, -0.2) is 16.3 Å². The number of ether oxygens (including phenoxy) is 2. The largest absolute Gasteiger partial charge is 0.454 e. The molecule has 0 fully saturated rings. The number of aromatic nitrogens is 2. The lowest BCUT2D eigenvalue weighted by molar-refractivity contribution is 0.174. The van der Waals surface area contributed by atoms with E-state index in [0.29, 0.717) is 13.3 Å². The maximum atomic E-state index is 5.44. The lowest BCUT2D eigenvalue weighted by atomic mass is 10.2. The van der Waals surface area contributed by atoms with E-state index < -0.39 is 0 Å². The van der Waals surface area contributed by atoms with Gasteiger partial charge in [0, 0.05) is 3.57 Å². The molecule has 3 aromatic rings. The number of aromatic amines is 1. The van der Waals surface area contributed by atoms with Gasteiger partial charge in [0.25, 0.3) is 0 Å². The average Bonchev–Trinajstić information content (AvgIpc) is 3.03. The summed E-state index contributed by atoms with van der Waals surface area (Å²) in [6.45, 7) is 1.000. The zero-order valence-corrected chi connectivity index (χ0v) is 13.9. The van der Waals surface area contributed by atoms with Crippen molar-refractivity contribution in [1.29, 1.82) is 0 Å². The molecule has 0 radical (unpaired) electrons. The van der Waals surface area contributed by atoms with Crippen LogP contribution < -0.4 is 9.47 Å². The first-order valence-corrected chi connectivity index (χ1v) is 7.96. The molecule has 1 N–H and O–H groups in total. The summed E-state index contributed by atoms with van der Waals surface area (Å²) in [6, 6.07) is 12.3. The minimum absolute atomic E-state index is 0.295. The van der Waals surface area contributed by atoms with Gasteiger partial charge in [-0.15, -0.1) is 0 Å². The Labute approximate surface area is 139 Å². The summed E-state index contributed by atoms with van der Waals surface area (Å²) in [6.07, 6.45) is 0. The molecule has 21 heavy (non-hydrogen) atoms. The molecule has 0 atom stereocenters. The van der Waals surface area contributed by atoms with Crippen molar-refractivity contribution < 1.29 is 9.47 Å². The Hall–Kier alpha value is -1.54. The number of fused-ring (bicyclic) bond motifs is 2. The highest BCUT2D eigenvalue weighted by atomic mass is 127. The molecule has 0 aliphatic carbocycles. The molecule has 1 aliphatic heterocycles. The van der Waals surface area contributed by atoms with Crippen molar-refractivity contribution in [2.45, 2.75) is 6.54 Å². The van der Waals surface area contributed by atoms with Gasteiger partial charge in [0.1, 0.15) is 0 Å². The lowest BCUT2D eigenvalue weighted by Crippen LogP contribution is -1.99. The number of hydrogen-bond donors (Lipinski definition) is 1. The molecule has 1 aromatic heterocycles. The Balaban J connectivity index is 1.77. The molecule has 1 aliphatic rings. The maximum absolute atomic E-state index is 5.44. The average molecular weight is 410 g/mol. The van der Waals surface area contributed by atoms with Gasteiger partial charge < -0.3 is 19.0 Å². The number of hydrogen-bond acceptors (Lipinski definition) is 3. The molecular formula is C15H11IN2O2S. The van der Waals surface area contributed by atoms with Crippen LogP contribution in [0.2, 0.25) is 0 Å². The van der Waals surface area contributed by atoms with E-state index in [9.17, 15) is 0 Å².